The van der Waals surface area contributed by atoms with E-state index >= 15 is 0 Å². The zero-order valence-corrected chi connectivity index (χ0v) is 9.94. The van der Waals surface area contributed by atoms with Crippen molar-refractivity contribution in [2.75, 3.05) is 5.32 Å². The van der Waals surface area contributed by atoms with Crippen molar-refractivity contribution in [2.45, 2.75) is 0 Å². The van der Waals surface area contributed by atoms with Gasteiger partial charge in [-0.3, -0.25) is 14.2 Å². The summed E-state index contributed by atoms with van der Waals surface area (Å²) in [4.78, 5) is 37.0. The number of rotatable bonds is 2. The average molecular weight is 263 g/mol. The number of amides is 1. The van der Waals surface area contributed by atoms with Crippen LogP contribution in [0.25, 0.3) is 0 Å². The van der Waals surface area contributed by atoms with Gasteiger partial charge in [-0.1, -0.05) is 0 Å². The Kier molecular flexibility index (Phi) is 3.28. The maximum atomic E-state index is 12.7. The summed E-state index contributed by atoms with van der Waals surface area (Å²) in [5, 5.41) is 2.43. The number of benzene rings is 1. The zero-order valence-electron chi connectivity index (χ0n) is 9.94. The number of aromatic amines is 1. The molecule has 0 aliphatic heterocycles. The molecule has 1 heterocycles. The van der Waals surface area contributed by atoms with Gasteiger partial charge in [0.2, 0.25) is 0 Å². The van der Waals surface area contributed by atoms with Gasteiger partial charge in [0, 0.05) is 18.9 Å². The maximum absolute atomic E-state index is 12.7. The van der Waals surface area contributed by atoms with Crippen molar-refractivity contribution in [1.29, 1.82) is 0 Å². The molecule has 0 saturated heterocycles. The molecule has 7 heteroatoms. The van der Waals surface area contributed by atoms with Crippen LogP contribution in [-0.4, -0.2) is 15.5 Å². The molecular weight excluding hydrogens is 253 g/mol. The topological polar surface area (TPSA) is 84.0 Å². The number of carbonyl (C=O) groups excluding carboxylic acids is 1. The van der Waals surface area contributed by atoms with E-state index in [0.717, 1.165) is 10.8 Å². The predicted molar refractivity (Wildman–Crippen MR) is 66.7 cm³/mol. The van der Waals surface area contributed by atoms with Crippen LogP contribution in [0, 0.1) is 5.82 Å². The Morgan fingerprint density at radius 2 is 1.89 bits per heavy atom. The quantitative estimate of drug-likeness (QED) is 0.825. The number of H-pyrrole nitrogens is 1. The van der Waals surface area contributed by atoms with Crippen molar-refractivity contribution in [1.82, 2.24) is 9.55 Å². The minimum Gasteiger partial charge on any atom is -0.322 e. The first-order valence-electron chi connectivity index (χ1n) is 5.34. The van der Waals surface area contributed by atoms with Crippen molar-refractivity contribution in [3.05, 3.63) is 62.7 Å². The van der Waals surface area contributed by atoms with Gasteiger partial charge in [0.15, 0.2) is 0 Å². The first-order chi connectivity index (χ1) is 8.99. The van der Waals surface area contributed by atoms with Gasteiger partial charge < -0.3 is 10.3 Å². The fraction of sp³-hybridized carbons (Fsp3) is 0.0833. The van der Waals surface area contributed by atoms with Gasteiger partial charge in [0.1, 0.15) is 11.4 Å². The summed E-state index contributed by atoms with van der Waals surface area (Å²) in [5.74, 6) is -1.11. The summed E-state index contributed by atoms with van der Waals surface area (Å²) in [6, 6.07) is 5.09. The number of hydrogen-bond donors (Lipinski definition) is 2. The van der Waals surface area contributed by atoms with Crippen LogP contribution in [-0.2, 0) is 7.05 Å². The second kappa shape index (κ2) is 4.89. The van der Waals surface area contributed by atoms with E-state index in [-0.39, 0.29) is 5.56 Å². The monoisotopic (exact) mass is 263 g/mol. The van der Waals surface area contributed by atoms with Gasteiger partial charge in [-0.15, -0.1) is 0 Å². The van der Waals surface area contributed by atoms with Crippen molar-refractivity contribution in [3.8, 4) is 0 Å². The number of anilines is 1. The smallest absolute Gasteiger partial charge is 0.322 e. The van der Waals surface area contributed by atoms with Gasteiger partial charge >= 0.3 is 5.69 Å². The van der Waals surface area contributed by atoms with Crippen molar-refractivity contribution < 1.29 is 9.18 Å². The standard InChI is InChI=1S/C12H10FN3O3/c1-16-11(18)9(6-14-12(16)19)10(17)15-8-4-2-7(13)3-5-8/h2-6H,1H3,(H,14,19)(H,15,17). The molecule has 0 saturated carbocycles. The Morgan fingerprint density at radius 1 is 1.26 bits per heavy atom. The van der Waals surface area contributed by atoms with E-state index in [1.165, 1.54) is 31.3 Å². The van der Waals surface area contributed by atoms with Gasteiger partial charge in [-0.05, 0) is 24.3 Å². The number of nitrogens with one attached hydrogen (secondary N) is 2. The molecule has 0 spiro atoms. The Balaban J connectivity index is 2.31. The van der Waals surface area contributed by atoms with E-state index in [1.807, 2.05) is 0 Å². The molecule has 0 fully saturated rings. The third kappa shape index (κ3) is 2.59. The second-order valence-electron chi connectivity index (χ2n) is 3.83. The molecule has 1 aromatic heterocycles. The maximum Gasteiger partial charge on any atom is 0.328 e. The number of halogens is 1. The third-order valence-corrected chi connectivity index (χ3v) is 2.53. The highest BCUT2D eigenvalue weighted by Gasteiger charge is 2.13. The van der Waals surface area contributed by atoms with E-state index in [1.54, 1.807) is 0 Å². The molecular formula is C12H10FN3O3. The SMILES string of the molecule is Cn1c(=O)[nH]cc(C(=O)Nc2ccc(F)cc2)c1=O. The van der Waals surface area contributed by atoms with Gasteiger partial charge in [0.05, 0.1) is 0 Å². The predicted octanol–water partition coefficient (Wildman–Crippen LogP) is 0.465. The molecule has 0 radical (unpaired) electrons. The molecule has 2 rings (SSSR count). The van der Waals surface area contributed by atoms with E-state index in [2.05, 4.69) is 10.3 Å². The molecule has 1 aromatic carbocycles. The minimum atomic E-state index is -0.705. The summed E-state index contributed by atoms with van der Waals surface area (Å²) in [6.45, 7) is 0. The van der Waals surface area contributed by atoms with Crippen LogP contribution >= 0.6 is 0 Å². The number of hydrogen-bond acceptors (Lipinski definition) is 3. The fourth-order valence-electron chi connectivity index (χ4n) is 1.46. The van der Waals surface area contributed by atoms with Crippen LogP contribution in [0.5, 0.6) is 0 Å². The molecule has 2 N–H and O–H groups in total. The lowest BCUT2D eigenvalue weighted by Crippen LogP contribution is -2.37. The lowest BCUT2D eigenvalue weighted by molar-refractivity contribution is 0.102. The Hall–Kier alpha value is -2.70. The van der Waals surface area contributed by atoms with Crippen LogP contribution in [0.4, 0.5) is 10.1 Å². The number of carbonyl (C=O) groups is 1. The van der Waals surface area contributed by atoms with Gasteiger partial charge in [0.25, 0.3) is 11.5 Å². The van der Waals surface area contributed by atoms with Gasteiger partial charge in [-0.2, -0.15) is 0 Å². The molecule has 0 aliphatic rings. The van der Waals surface area contributed by atoms with Crippen LogP contribution in [0.15, 0.2) is 40.1 Å². The molecule has 98 valence electrons. The summed E-state index contributed by atoms with van der Waals surface area (Å²) in [5.41, 5.74) is -1.17. The number of aromatic nitrogens is 2. The molecule has 19 heavy (non-hydrogen) atoms. The third-order valence-electron chi connectivity index (χ3n) is 2.53. The second-order valence-corrected chi connectivity index (χ2v) is 3.83. The molecule has 0 atom stereocenters. The summed E-state index contributed by atoms with van der Waals surface area (Å²) >= 11 is 0. The summed E-state index contributed by atoms with van der Waals surface area (Å²) in [7, 11) is 1.26. The number of nitrogens with zero attached hydrogens (tertiary/aromatic N) is 1. The highest BCUT2D eigenvalue weighted by atomic mass is 19.1. The van der Waals surface area contributed by atoms with Crippen molar-refractivity contribution in [2.24, 2.45) is 7.05 Å². The Bertz CT molecular complexity index is 731. The lowest BCUT2D eigenvalue weighted by Gasteiger charge is -2.05. The summed E-state index contributed by atoms with van der Waals surface area (Å²) in [6.07, 6.45) is 1.05. The molecule has 0 aliphatic carbocycles. The van der Waals surface area contributed by atoms with Gasteiger partial charge in [-0.25, -0.2) is 9.18 Å². The minimum absolute atomic E-state index is 0.202. The van der Waals surface area contributed by atoms with Crippen LogP contribution in [0.2, 0.25) is 0 Å². The Labute approximate surface area is 106 Å². The highest BCUT2D eigenvalue weighted by molar-refractivity contribution is 6.03. The fourth-order valence-corrected chi connectivity index (χ4v) is 1.46. The van der Waals surface area contributed by atoms with E-state index in [4.69, 9.17) is 0 Å². The lowest BCUT2D eigenvalue weighted by atomic mass is 10.2. The molecule has 2 aromatic rings. The van der Waals surface area contributed by atoms with Crippen LogP contribution in [0.1, 0.15) is 10.4 Å². The summed E-state index contributed by atoms with van der Waals surface area (Å²) < 4.78 is 13.5. The van der Waals surface area contributed by atoms with Crippen LogP contribution in [0.3, 0.4) is 0 Å². The molecule has 0 unspecified atom stereocenters. The molecule has 6 nitrogen and oxygen atoms in total. The van der Waals surface area contributed by atoms with E-state index in [0.29, 0.717) is 5.69 Å². The normalized spacial score (nSPS) is 10.2. The highest BCUT2D eigenvalue weighted by Crippen LogP contribution is 2.08. The average Bonchev–Trinajstić information content (AvgIpc) is 2.39. The Morgan fingerprint density at radius 3 is 2.53 bits per heavy atom. The van der Waals surface area contributed by atoms with E-state index in [9.17, 15) is 18.8 Å². The first-order valence-corrected chi connectivity index (χ1v) is 5.34. The van der Waals surface area contributed by atoms with E-state index < -0.39 is 23.0 Å². The molecule has 1 amide bonds. The molecule has 0 bridgehead atoms. The van der Waals surface area contributed by atoms with Crippen molar-refractivity contribution >= 4 is 11.6 Å². The van der Waals surface area contributed by atoms with Crippen LogP contribution < -0.4 is 16.6 Å². The zero-order chi connectivity index (χ0) is 14.0. The first kappa shape index (κ1) is 12.7. The van der Waals surface area contributed by atoms with Crippen molar-refractivity contribution in [3.63, 3.8) is 0 Å². The largest absolute Gasteiger partial charge is 0.328 e.